The highest BCUT2D eigenvalue weighted by Gasteiger charge is 2.10. The van der Waals surface area contributed by atoms with Crippen molar-refractivity contribution in [2.75, 3.05) is 17.7 Å². The minimum Gasteiger partial charge on any atom is -0.399 e. The third kappa shape index (κ3) is 6.45. The smallest absolute Gasteiger partial charge is 0.224 e. The molecule has 4 nitrogen and oxygen atoms in total. The number of amides is 1. The number of carbonyl (C=O) groups excluding carboxylic acids is 1. The normalized spacial score (nSPS) is 11.4. The summed E-state index contributed by atoms with van der Waals surface area (Å²) in [6.07, 6.45) is 1.08. The number of carbonyl (C=O) groups is 1. The number of rotatable bonds is 5. The molecule has 0 aliphatic rings. The molecule has 0 heterocycles. The molecule has 1 aromatic carbocycles. The van der Waals surface area contributed by atoms with Crippen LogP contribution in [0, 0.1) is 0 Å². The number of nitrogen functional groups attached to an aromatic ring is 1. The van der Waals surface area contributed by atoms with E-state index in [1.165, 1.54) is 0 Å². The topological polar surface area (TPSA) is 64.3 Å². The van der Waals surface area contributed by atoms with Gasteiger partial charge < -0.3 is 15.8 Å². The first-order valence-electron chi connectivity index (χ1n) is 6.27. The van der Waals surface area contributed by atoms with E-state index in [-0.39, 0.29) is 11.5 Å². The summed E-state index contributed by atoms with van der Waals surface area (Å²) in [6.45, 7) is 6.52. The van der Waals surface area contributed by atoms with Crippen molar-refractivity contribution >= 4 is 28.9 Å². The minimum atomic E-state index is -0.170. The lowest BCUT2D eigenvalue weighted by molar-refractivity contribution is -0.116. The number of hydrogen-bond donors (Lipinski definition) is 2. The Kier molecular flexibility index (Phi) is 5.63. The number of nitrogens with one attached hydrogen (secondary N) is 1. The van der Waals surface area contributed by atoms with Crippen LogP contribution in [0.25, 0.3) is 0 Å². The second-order valence-electron chi connectivity index (χ2n) is 5.35. The fourth-order valence-electron chi connectivity index (χ4n) is 1.46. The van der Waals surface area contributed by atoms with Crippen LogP contribution in [0.1, 0.15) is 33.6 Å². The van der Waals surface area contributed by atoms with Gasteiger partial charge in [-0.2, -0.15) is 0 Å². The molecule has 0 saturated heterocycles. The molecule has 0 saturated carbocycles. The van der Waals surface area contributed by atoms with E-state index < -0.39 is 0 Å². The van der Waals surface area contributed by atoms with E-state index in [4.69, 9.17) is 22.1 Å². The molecular formula is C14H21ClN2O2. The Bertz CT molecular complexity index is 442. The molecule has 0 aliphatic heterocycles. The van der Waals surface area contributed by atoms with E-state index in [1.807, 2.05) is 20.8 Å². The summed E-state index contributed by atoms with van der Waals surface area (Å²) in [4.78, 5) is 11.7. The van der Waals surface area contributed by atoms with E-state index in [0.29, 0.717) is 35.8 Å². The average molecular weight is 285 g/mol. The largest absolute Gasteiger partial charge is 0.399 e. The molecule has 0 atom stereocenters. The van der Waals surface area contributed by atoms with Crippen molar-refractivity contribution in [1.29, 1.82) is 0 Å². The molecule has 3 N–H and O–H groups in total. The highest BCUT2D eigenvalue weighted by molar-refractivity contribution is 6.34. The number of benzene rings is 1. The molecule has 0 radical (unpaired) electrons. The molecule has 1 amide bonds. The molecule has 0 unspecified atom stereocenters. The van der Waals surface area contributed by atoms with Crippen LogP contribution in [0.2, 0.25) is 5.02 Å². The highest BCUT2D eigenvalue weighted by atomic mass is 35.5. The van der Waals surface area contributed by atoms with Crippen molar-refractivity contribution in [3.63, 3.8) is 0 Å². The predicted octanol–water partition coefficient (Wildman–Crippen LogP) is 3.46. The van der Waals surface area contributed by atoms with Gasteiger partial charge in [-0.25, -0.2) is 0 Å². The Balaban J connectivity index is 2.35. The van der Waals surface area contributed by atoms with Crippen molar-refractivity contribution in [3.8, 4) is 0 Å². The van der Waals surface area contributed by atoms with Crippen LogP contribution >= 0.6 is 11.6 Å². The summed E-state index contributed by atoms with van der Waals surface area (Å²) in [5.41, 5.74) is 6.57. The third-order valence-corrected chi connectivity index (χ3v) is 2.66. The van der Waals surface area contributed by atoms with Gasteiger partial charge in [0.25, 0.3) is 0 Å². The zero-order valence-corrected chi connectivity index (χ0v) is 12.4. The van der Waals surface area contributed by atoms with E-state index in [9.17, 15) is 4.79 Å². The number of halogens is 1. The lowest BCUT2D eigenvalue weighted by atomic mass is 10.2. The zero-order valence-electron chi connectivity index (χ0n) is 11.6. The van der Waals surface area contributed by atoms with Gasteiger partial charge in [0, 0.05) is 18.7 Å². The third-order valence-electron chi connectivity index (χ3n) is 2.35. The van der Waals surface area contributed by atoms with Crippen molar-refractivity contribution in [2.45, 2.75) is 39.2 Å². The summed E-state index contributed by atoms with van der Waals surface area (Å²) in [6, 6.07) is 5.01. The Morgan fingerprint density at radius 2 is 2.11 bits per heavy atom. The molecular weight excluding hydrogens is 264 g/mol. The van der Waals surface area contributed by atoms with Gasteiger partial charge in [0.05, 0.1) is 16.3 Å². The second-order valence-corrected chi connectivity index (χ2v) is 5.76. The molecule has 5 heteroatoms. The van der Waals surface area contributed by atoms with Crippen LogP contribution in [0.15, 0.2) is 18.2 Å². The monoisotopic (exact) mass is 284 g/mol. The summed E-state index contributed by atoms with van der Waals surface area (Å²) in [7, 11) is 0. The van der Waals surface area contributed by atoms with Gasteiger partial charge in [-0.1, -0.05) is 11.6 Å². The molecule has 0 spiro atoms. The van der Waals surface area contributed by atoms with E-state index in [2.05, 4.69) is 5.32 Å². The summed E-state index contributed by atoms with van der Waals surface area (Å²) >= 11 is 5.98. The number of anilines is 2. The van der Waals surface area contributed by atoms with Gasteiger partial charge in [-0.05, 0) is 45.4 Å². The van der Waals surface area contributed by atoms with Gasteiger partial charge in [0.2, 0.25) is 5.91 Å². The Hall–Kier alpha value is -1.26. The van der Waals surface area contributed by atoms with Crippen LogP contribution in [-0.2, 0) is 9.53 Å². The maximum Gasteiger partial charge on any atom is 0.224 e. The van der Waals surface area contributed by atoms with Crippen LogP contribution in [-0.4, -0.2) is 18.1 Å². The molecule has 19 heavy (non-hydrogen) atoms. The lowest BCUT2D eigenvalue weighted by Crippen LogP contribution is -2.20. The SMILES string of the molecule is CC(C)(C)OCCCC(=O)Nc1ccc(N)cc1Cl. The van der Waals surface area contributed by atoms with E-state index >= 15 is 0 Å². The van der Waals surface area contributed by atoms with Crippen LogP contribution in [0.5, 0.6) is 0 Å². The van der Waals surface area contributed by atoms with Crippen molar-refractivity contribution < 1.29 is 9.53 Å². The quantitative estimate of drug-likeness (QED) is 0.643. The second kappa shape index (κ2) is 6.78. The van der Waals surface area contributed by atoms with Crippen LogP contribution in [0.4, 0.5) is 11.4 Å². The number of hydrogen-bond acceptors (Lipinski definition) is 3. The van der Waals surface area contributed by atoms with Crippen molar-refractivity contribution in [3.05, 3.63) is 23.2 Å². The molecule has 1 rings (SSSR count). The summed E-state index contributed by atoms with van der Waals surface area (Å²) < 4.78 is 5.55. The first-order chi connectivity index (χ1) is 8.78. The maximum atomic E-state index is 11.7. The molecule has 0 aromatic heterocycles. The summed E-state index contributed by atoms with van der Waals surface area (Å²) in [5.74, 6) is -0.0795. The van der Waals surface area contributed by atoms with Crippen LogP contribution in [0.3, 0.4) is 0 Å². The fraction of sp³-hybridized carbons (Fsp3) is 0.500. The van der Waals surface area contributed by atoms with Gasteiger partial charge in [0.1, 0.15) is 0 Å². The summed E-state index contributed by atoms with van der Waals surface area (Å²) in [5, 5.41) is 3.20. The van der Waals surface area contributed by atoms with E-state index in [0.717, 1.165) is 0 Å². The van der Waals surface area contributed by atoms with Gasteiger partial charge >= 0.3 is 0 Å². The molecule has 1 aromatic rings. The Morgan fingerprint density at radius 3 is 2.68 bits per heavy atom. The van der Waals surface area contributed by atoms with Gasteiger partial charge in [-0.3, -0.25) is 4.79 Å². The van der Waals surface area contributed by atoms with Crippen molar-refractivity contribution in [1.82, 2.24) is 0 Å². The fourth-order valence-corrected chi connectivity index (χ4v) is 1.69. The Morgan fingerprint density at radius 1 is 1.42 bits per heavy atom. The molecule has 0 aliphatic carbocycles. The zero-order chi connectivity index (χ0) is 14.5. The Labute approximate surface area is 119 Å². The molecule has 0 bridgehead atoms. The number of ether oxygens (including phenoxy) is 1. The highest BCUT2D eigenvalue weighted by Crippen LogP contribution is 2.24. The molecule has 106 valence electrons. The maximum absolute atomic E-state index is 11.7. The lowest BCUT2D eigenvalue weighted by Gasteiger charge is -2.19. The van der Waals surface area contributed by atoms with Crippen molar-refractivity contribution in [2.24, 2.45) is 0 Å². The standard InChI is InChI=1S/C14H21ClN2O2/c1-14(2,3)19-8-4-5-13(18)17-12-7-6-10(16)9-11(12)15/h6-7,9H,4-5,8,16H2,1-3H3,(H,17,18). The average Bonchev–Trinajstić information content (AvgIpc) is 2.27. The van der Waals surface area contributed by atoms with Crippen LogP contribution < -0.4 is 11.1 Å². The van der Waals surface area contributed by atoms with Gasteiger partial charge in [-0.15, -0.1) is 0 Å². The molecule has 0 fully saturated rings. The minimum absolute atomic E-state index is 0.0795. The predicted molar refractivity (Wildman–Crippen MR) is 79.4 cm³/mol. The number of nitrogens with two attached hydrogens (primary N) is 1. The van der Waals surface area contributed by atoms with Gasteiger partial charge in [0.15, 0.2) is 0 Å². The van der Waals surface area contributed by atoms with E-state index in [1.54, 1.807) is 18.2 Å². The first kappa shape index (κ1) is 15.8. The first-order valence-corrected chi connectivity index (χ1v) is 6.64.